The first-order chi connectivity index (χ1) is 14.6. The third-order valence-corrected chi connectivity index (χ3v) is 5.24. The van der Waals surface area contributed by atoms with Gasteiger partial charge in [0.15, 0.2) is 0 Å². The number of nitrogen functional groups attached to an aromatic ring is 1. The molecule has 0 saturated heterocycles. The van der Waals surface area contributed by atoms with Gasteiger partial charge in [0.2, 0.25) is 0 Å². The zero-order valence-corrected chi connectivity index (χ0v) is 17.3. The minimum Gasteiger partial charge on any atom is -0.496 e. The second-order valence-corrected chi connectivity index (χ2v) is 7.34. The topological polar surface area (TPSA) is 70.1 Å². The fraction of sp³-hybridized carbons (Fsp3) is 0.200. The Kier molecular flexibility index (Phi) is 5.53. The molecule has 152 valence electrons. The molecule has 0 unspecified atom stereocenters. The lowest BCUT2D eigenvalue weighted by atomic mass is 10.0. The molecule has 4 aromatic rings. The number of para-hydroxylation sites is 1. The van der Waals surface area contributed by atoms with Crippen molar-refractivity contribution in [2.45, 2.75) is 26.3 Å². The van der Waals surface area contributed by atoms with E-state index in [0.717, 1.165) is 41.1 Å². The second-order valence-electron chi connectivity index (χ2n) is 7.34. The highest BCUT2D eigenvalue weighted by Gasteiger charge is 2.12. The van der Waals surface area contributed by atoms with Crippen LogP contribution in [0, 0.1) is 0 Å². The molecule has 0 amide bonds. The number of hydrogen-bond acceptors (Lipinski definition) is 4. The maximum atomic E-state index is 13.2. The van der Waals surface area contributed by atoms with Crippen molar-refractivity contribution in [1.82, 2.24) is 9.55 Å². The van der Waals surface area contributed by atoms with E-state index in [9.17, 15) is 4.79 Å². The Balaban J connectivity index is 1.72. The highest BCUT2D eigenvalue weighted by Crippen LogP contribution is 2.29. The van der Waals surface area contributed by atoms with Crippen LogP contribution < -0.4 is 16.0 Å². The van der Waals surface area contributed by atoms with E-state index >= 15 is 0 Å². The molecule has 1 aromatic heterocycles. The Hall–Kier alpha value is -3.60. The van der Waals surface area contributed by atoms with Gasteiger partial charge in [-0.2, -0.15) is 0 Å². The number of hydrogen-bond donors (Lipinski definition) is 1. The molecule has 0 saturated carbocycles. The fourth-order valence-electron chi connectivity index (χ4n) is 3.72. The van der Waals surface area contributed by atoms with Gasteiger partial charge in [0, 0.05) is 17.7 Å². The molecule has 3 aromatic carbocycles. The summed E-state index contributed by atoms with van der Waals surface area (Å²) in [6.07, 6.45) is 1.66. The maximum Gasteiger partial charge on any atom is 0.261 e. The summed E-state index contributed by atoms with van der Waals surface area (Å²) in [6.45, 7) is 2.56. The van der Waals surface area contributed by atoms with Crippen LogP contribution >= 0.6 is 0 Å². The smallest absolute Gasteiger partial charge is 0.261 e. The molecule has 0 bridgehead atoms. The van der Waals surface area contributed by atoms with E-state index in [0.29, 0.717) is 23.1 Å². The molecule has 0 aliphatic rings. The molecule has 2 N–H and O–H groups in total. The Morgan fingerprint density at radius 3 is 2.53 bits per heavy atom. The Morgan fingerprint density at radius 1 is 1.03 bits per heavy atom. The van der Waals surface area contributed by atoms with Gasteiger partial charge in [0.1, 0.15) is 11.6 Å². The van der Waals surface area contributed by atoms with Gasteiger partial charge in [-0.25, -0.2) is 4.98 Å². The molecule has 1 heterocycles. The SMILES string of the molecule is CCCc1nc2ccc(N)cc2c(=O)n1Cc1ccc(-c2ccccc2OC)cc1. The lowest BCUT2D eigenvalue weighted by Crippen LogP contribution is -2.26. The number of aromatic nitrogens is 2. The highest BCUT2D eigenvalue weighted by atomic mass is 16.5. The third-order valence-electron chi connectivity index (χ3n) is 5.24. The van der Waals surface area contributed by atoms with Gasteiger partial charge in [0.05, 0.1) is 24.6 Å². The molecule has 0 atom stereocenters. The first-order valence-electron chi connectivity index (χ1n) is 10.1. The summed E-state index contributed by atoms with van der Waals surface area (Å²) in [6, 6.07) is 21.5. The Labute approximate surface area is 175 Å². The van der Waals surface area contributed by atoms with Crippen molar-refractivity contribution < 1.29 is 4.74 Å². The van der Waals surface area contributed by atoms with Crippen molar-refractivity contribution in [3.05, 3.63) is 88.5 Å². The predicted molar refractivity (Wildman–Crippen MR) is 122 cm³/mol. The van der Waals surface area contributed by atoms with Crippen molar-refractivity contribution in [3.63, 3.8) is 0 Å². The third kappa shape index (κ3) is 3.79. The molecule has 0 aliphatic heterocycles. The predicted octanol–water partition coefficient (Wildman–Crippen LogP) is 4.66. The van der Waals surface area contributed by atoms with Crippen LogP contribution in [0.4, 0.5) is 5.69 Å². The standard InChI is InChI=1S/C25H25N3O2/c1-3-6-24-27-22-14-13-19(26)15-21(22)25(29)28(24)16-17-9-11-18(12-10-17)20-7-4-5-8-23(20)30-2/h4-5,7-15H,3,6,16,26H2,1-2H3. The molecule has 0 spiro atoms. The second kappa shape index (κ2) is 8.41. The first kappa shape index (κ1) is 19.7. The molecule has 0 aliphatic carbocycles. The average Bonchev–Trinajstić information content (AvgIpc) is 2.77. The number of benzene rings is 3. The lowest BCUT2D eigenvalue weighted by molar-refractivity contribution is 0.416. The van der Waals surface area contributed by atoms with Crippen molar-refractivity contribution in [2.24, 2.45) is 0 Å². The Morgan fingerprint density at radius 2 is 1.80 bits per heavy atom. The van der Waals surface area contributed by atoms with Crippen molar-refractivity contribution in [3.8, 4) is 16.9 Å². The fourth-order valence-corrected chi connectivity index (χ4v) is 3.72. The van der Waals surface area contributed by atoms with E-state index in [1.54, 1.807) is 23.8 Å². The molecular weight excluding hydrogens is 374 g/mol. The number of ether oxygens (including phenoxy) is 1. The van der Waals surface area contributed by atoms with Crippen LogP contribution in [0.25, 0.3) is 22.0 Å². The highest BCUT2D eigenvalue weighted by molar-refractivity contribution is 5.81. The summed E-state index contributed by atoms with van der Waals surface area (Å²) < 4.78 is 7.24. The van der Waals surface area contributed by atoms with Crippen LogP contribution in [0.3, 0.4) is 0 Å². The van der Waals surface area contributed by atoms with Gasteiger partial charge >= 0.3 is 0 Å². The number of rotatable bonds is 6. The number of anilines is 1. The summed E-state index contributed by atoms with van der Waals surface area (Å²) in [7, 11) is 1.67. The number of aryl methyl sites for hydroxylation is 1. The molecule has 0 fully saturated rings. The number of methoxy groups -OCH3 is 1. The monoisotopic (exact) mass is 399 g/mol. The zero-order chi connectivity index (χ0) is 21.1. The minimum atomic E-state index is -0.0513. The largest absolute Gasteiger partial charge is 0.496 e. The van der Waals surface area contributed by atoms with Gasteiger partial charge in [-0.3, -0.25) is 9.36 Å². The normalized spacial score (nSPS) is 11.0. The van der Waals surface area contributed by atoms with Gasteiger partial charge in [0.25, 0.3) is 5.56 Å². The summed E-state index contributed by atoms with van der Waals surface area (Å²) in [4.78, 5) is 17.9. The van der Waals surface area contributed by atoms with Gasteiger partial charge in [-0.05, 0) is 41.8 Å². The zero-order valence-electron chi connectivity index (χ0n) is 17.3. The van der Waals surface area contributed by atoms with Crippen molar-refractivity contribution >= 4 is 16.6 Å². The molecule has 0 radical (unpaired) electrons. The van der Waals surface area contributed by atoms with Gasteiger partial charge in [-0.1, -0.05) is 49.4 Å². The minimum absolute atomic E-state index is 0.0513. The molecule has 5 nitrogen and oxygen atoms in total. The summed E-state index contributed by atoms with van der Waals surface area (Å²) in [5.41, 5.74) is 10.3. The van der Waals surface area contributed by atoms with E-state index in [-0.39, 0.29) is 5.56 Å². The van der Waals surface area contributed by atoms with Crippen LogP contribution in [0.1, 0.15) is 24.7 Å². The van der Waals surface area contributed by atoms with Crippen molar-refractivity contribution in [1.29, 1.82) is 0 Å². The van der Waals surface area contributed by atoms with Crippen LogP contribution in [0.5, 0.6) is 5.75 Å². The van der Waals surface area contributed by atoms with E-state index < -0.39 is 0 Å². The summed E-state index contributed by atoms with van der Waals surface area (Å²) in [5.74, 6) is 1.64. The van der Waals surface area contributed by atoms with E-state index in [1.165, 1.54) is 0 Å². The average molecular weight is 399 g/mol. The molecular formula is C25H25N3O2. The molecule has 5 heteroatoms. The van der Waals surface area contributed by atoms with E-state index in [1.807, 2.05) is 42.5 Å². The van der Waals surface area contributed by atoms with Crippen molar-refractivity contribution in [2.75, 3.05) is 12.8 Å². The van der Waals surface area contributed by atoms with Crippen LogP contribution in [-0.4, -0.2) is 16.7 Å². The number of fused-ring (bicyclic) bond motifs is 1. The molecule has 30 heavy (non-hydrogen) atoms. The van der Waals surface area contributed by atoms with E-state index in [2.05, 4.69) is 19.1 Å². The summed E-state index contributed by atoms with van der Waals surface area (Å²) >= 11 is 0. The van der Waals surface area contributed by atoms with E-state index in [4.69, 9.17) is 15.5 Å². The van der Waals surface area contributed by atoms with Gasteiger partial charge in [-0.15, -0.1) is 0 Å². The lowest BCUT2D eigenvalue weighted by Gasteiger charge is -2.14. The Bertz CT molecular complexity index is 1240. The van der Waals surface area contributed by atoms with Crippen LogP contribution in [0.2, 0.25) is 0 Å². The quantitative estimate of drug-likeness (QED) is 0.479. The first-order valence-corrected chi connectivity index (χ1v) is 10.1. The van der Waals surface area contributed by atoms with Gasteiger partial charge < -0.3 is 10.5 Å². The summed E-state index contributed by atoms with van der Waals surface area (Å²) in [5, 5.41) is 0.556. The molecule has 4 rings (SSSR count). The number of nitrogens with two attached hydrogens (primary N) is 1. The maximum absolute atomic E-state index is 13.2. The van der Waals surface area contributed by atoms with Crippen LogP contribution in [0.15, 0.2) is 71.5 Å². The van der Waals surface area contributed by atoms with Crippen LogP contribution in [-0.2, 0) is 13.0 Å². The number of nitrogens with zero attached hydrogens (tertiary/aromatic N) is 2.